The molecule has 0 fully saturated rings. The second-order valence-electron chi connectivity index (χ2n) is 13.2. The van der Waals surface area contributed by atoms with Crippen molar-refractivity contribution in [2.75, 3.05) is 23.7 Å². The molecule has 1 rings (SSSR count). The van der Waals surface area contributed by atoms with Crippen LogP contribution in [0.3, 0.4) is 0 Å². The zero-order valence-corrected chi connectivity index (χ0v) is 34.0. The first-order valence-electron chi connectivity index (χ1n) is 18.1. The zero-order chi connectivity index (χ0) is 29.4. The van der Waals surface area contributed by atoms with Crippen molar-refractivity contribution < 1.29 is 0 Å². The summed E-state index contributed by atoms with van der Waals surface area (Å²) in [7, 11) is 0. The van der Waals surface area contributed by atoms with Crippen molar-refractivity contribution in [3.8, 4) is 0 Å². The number of rotatable bonds is 28. The number of hydrogen-bond acceptors (Lipinski definition) is 2. The topological polar surface area (TPSA) is 24.1 Å². The van der Waals surface area contributed by atoms with Crippen molar-refractivity contribution >= 4 is 48.1 Å². The van der Waals surface area contributed by atoms with E-state index in [2.05, 4.69) is 76.4 Å². The van der Waals surface area contributed by atoms with Gasteiger partial charge in [0.25, 0.3) is 0 Å². The molecule has 0 bridgehead atoms. The summed E-state index contributed by atoms with van der Waals surface area (Å²) in [4.78, 5) is 0. The van der Waals surface area contributed by atoms with E-state index in [1.165, 1.54) is 101 Å². The molecule has 0 aliphatic heterocycles. The predicted octanol–water partition coefficient (Wildman–Crippen LogP) is 13.0. The van der Waals surface area contributed by atoms with E-state index in [1.54, 1.807) is 35.5 Å². The standard InChI is InChI=1S/C12H18N2.6C4H9.2Sn/c1-3-9-13-11-7-5-6-8-12(11)14-10-4-2;6*1-3-4-2;;/h5-8,13-14H,1-4,9-10H2;6*1,3-4H2,2H3;;. The van der Waals surface area contributed by atoms with E-state index < -0.39 is 36.8 Å². The summed E-state index contributed by atoms with van der Waals surface area (Å²) in [6.07, 6.45) is 20.0. The molecule has 0 aromatic heterocycles. The van der Waals surface area contributed by atoms with Gasteiger partial charge in [-0.1, -0.05) is 0 Å². The van der Waals surface area contributed by atoms with Crippen molar-refractivity contribution in [3.63, 3.8) is 0 Å². The van der Waals surface area contributed by atoms with Gasteiger partial charge in [-0.05, 0) is 0 Å². The molecule has 0 amide bonds. The number of anilines is 2. The van der Waals surface area contributed by atoms with Crippen molar-refractivity contribution in [2.24, 2.45) is 0 Å². The fraction of sp³-hybridized carbons (Fsp3) is 0.833. The number of hydrogen-bond donors (Lipinski definition) is 2. The molecule has 0 spiro atoms. The SMILES string of the molecule is CCC[CH2][Sn]([CH2]CCC)([CH2]CCC)[CH2]CCNc1ccccc1NCC[CH2][Sn]([CH2]CCC)([CH2]CCC)[CH2]CCC. The molecule has 0 unspecified atom stereocenters. The fourth-order valence-electron chi connectivity index (χ4n) is 6.97. The molecule has 0 radical (unpaired) electrons. The van der Waals surface area contributed by atoms with Gasteiger partial charge in [-0.2, -0.15) is 0 Å². The van der Waals surface area contributed by atoms with Gasteiger partial charge in [-0.15, -0.1) is 0 Å². The van der Waals surface area contributed by atoms with Gasteiger partial charge >= 0.3 is 263 Å². The number of unbranched alkanes of at least 4 members (excludes halogenated alkanes) is 6. The molecule has 0 heterocycles. The number of nitrogens with one attached hydrogen (secondary N) is 2. The summed E-state index contributed by atoms with van der Waals surface area (Å²) in [6.45, 7) is 16.7. The Balaban J connectivity index is 2.70. The van der Waals surface area contributed by atoms with E-state index in [4.69, 9.17) is 0 Å². The van der Waals surface area contributed by atoms with Crippen LogP contribution in [0.4, 0.5) is 11.4 Å². The molecule has 0 aliphatic rings. The van der Waals surface area contributed by atoms with Gasteiger partial charge < -0.3 is 0 Å². The monoisotopic (exact) mass is 772 g/mol. The molecule has 2 nitrogen and oxygen atoms in total. The van der Waals surface area contributed by atoms with Crippen molar-refractivity contribution in [1.82, 2.24) is 0 Å². The first kappa shape index (κ1) is 38.4. The quantitative estimate of drug-likeness (QED) is 0.0655. The average Bonchev–Trinajstić information content (AvgIpc) is 2.99. The Morgan fingerprint density at radius 3 is 0.900 bits per heavy atom. The second-order valence-corrected chi connectivity index (χ2v) is 41.8. The van der Waals surface area contributed by atoms with Crippen LogP contribution in [0, 0.1) is 0 Å². The minimum atomic E-state index is -2.01. The number of para-hydroxylation sites is 2. The second kappa shape index (κ2) is 24.8. The third-order valence-corrected chi connectivity index (χ3v) is 42.0. The van der Waals surface area contributed by atoms with E-state index in [0.717, 1.165) is 13.1 Å². The average molecular weight is 770 g/mol. The molecule has 1 aromatic carbocycles. The van der Waals surface area contributed by atoms with Crippen LogP contribution in [0.1, 0.15) is 131 Å². The molecule has 234 valence electrons. The number of benzene rings is 1. The Kier molecular flexibility index (Phi) is 23.9. The maximum atomic E-state index is 3.88. The van der Waals surface area contributed by atoms with Crippen molar-refractivity contribution in [3.05, 3.63) is 24.3 Å². The van der Waals surface area contributed by atoms with Crippen LogP contribution < -0.4 is 10.6 Å². The van der Waals surface area contributed by atoms with Crippen molar-refractivity contribution in [1.29, 1.82) is 0 Å². The van der Waals surface area contributed by atoms with Gasteiger partial charge in [0.05, 0.1) is 0 Å². The van der Waals surface area contributed by atoms with E-state index in [0.29, 0.717) is 0 Å². The molecule has 0 saturated carbocycles. The zero-order valence-electron chi connectivity index (χ0n) is 28.3. The van der Waals surface area contributed by atoms with Gasteiger partial charge in [0.15, 0.2) is 0 Å². The summed E-state index contributed by atoms with van der Waals surface area (Å²) < 4.78 is 13.1. The first-order chi connectivity index (χ1) is 19.5. The molecular formula is C36H72N2Sn2. The van der Waals surface area contributed by atoms with Gasteiger partial charge in [-0.25, -0.2) is 0 Å². The normalized spacial score (nSPS) is 12.2. The Hall–Kier alpha value is 0.417. The summed E-state index contributed by atoms with van der Waals surface area (Å²) >= 11 is -4.02. The minimum absolute atomic E-state index is 1.15. The van der Waals surface area contributed by atoms with Crippen LogP contribution in [0.25, 0.3) is 0 Å². The third kappa shape index (κ3) is 16.3. The molecule has 40 heavy (non-hydrogen) atoms. The van der Waals surface area contributed by atoms with Crippen LogP contribution >= 0.6 is 0 Å². The van der Waals surface area contributed by atoms with Gasteiger partial charge in [0.1, 0.15) is 0 Å². The van der Waals surface area contributed by atoms with Crippen molar-refractivity contribution in [2.45, 2.75) is 167 Å². The first-order valence-corrected chi connectivity index (χ1v) is 34.3. The molecular weight excluding hydrogens is 698 g/mol. The van der Waals surface area contributed by atoms with Gasteiger partial charge in [-0.3, -0.25) is 0 Å². The molecule has 0 saturated heterocycles. The summed E-state index contributed by atoms with van der Waals surface area (Å²) in [5.41, 5.74) is 2.66. The van der Waals surface area contributed by atoms with Crippen LogP contribution in [0.2, 0.25) is 35.5 Å². The Labute approximate surface area is 261 Å². The summed E-state index contributed by atoms with van der Waals surface area (Å²) in [5.74, 6) is 0. The Morgan fingerprint density at radius 1 is 0.400 bits per heavy atom. The van der Waals surface area contributed by atoms with Gasteiger partial charge in [0.2, 0.25) is 0 Å². The molecule has 1 aromatic rings. The molecule has 0 aliphatic carbocycles. The maximum absolute atomic E-state index is 3.88. The Morgan fingerprint density at radius 2 is 0.650 bits per heavy atom. The molecule has 0 atom stereocenters. The van der Waals surface area contributed by atoms with Gasteiger partial charge in [0, 0.05) is 0 Å². The fourth-order valence-corrected chi connectivity index (χ4v) is 39.7. The molecule has 4 heteroatoms. The van der Waals surface area contributed by atoms with E-state index in [9.17, 15) is 0 Å². The predicted molar refractivity (Wildman–Crippen MR) is 192 cm³/mol. The third-order valence-electron chi connectivity index (χ3n) is 9.69. The van der Waals surface area contributed by atoms with Crippen LogP contribution in [-0.4, -0.2) is 49.8 Å². The van der Waals surface area contributed by atoms with Crippen LogP contribution in [0.5, 0.6) is 0 Å². The summed E-state index contributed by atoms with van der Waals surface area (Å²) in [5, 5.41) is 7.76. The van der Waals surface area contributed by atoms with E-state index in [1.807, 2.05) is 0 Å². The summed E-state index contributed by atoms with van der Waals surface area (Å²) in [6, 6.07) is 9.03. The molecule has 2 N–H and O–H groups in total. The van der Waals surface area contributed by atoms with Crippen LogP contribution in [-0.2, 0) is 0 Å². The Bertz CT molecular complexity index is 605. The van der Waals surface area contributed by atoms with E-state index >= 15 is 0 Å². The van der Waals surface area contributed by atoms with E-state index in [-0.39, 0.29) is 0 Å². The van der Waals surface area contributed by atoms with Crippen LogP contribution in [0.15, 0.2) is 24.3 Å².